The molecule has 0 aromatic carbocycles. The highest BCUT2D eigenvalue weighted by Crippen LogP contribution is 2.33. The van der Waals surface area contributed by atoms with Crippen molar-refractivity contribution in [2.24, 2.45) is 0 Å². The summed E-state index contributed by atoms with van der Waals surface area (Å²) < 4.78 is 5.34. The fourth-order valence-electron chi connectivity index (χ4n) is 1.74. The predicted octanol–water partition coefficient (Wildman–Crippen LogP) is 3.07. The Hall–Kier alpha value is -0.500. The van der Waals surface area contributed by atoms with E-state index in [1.807, 2.05) is 0 Å². The lowest BCUT2D eigenvalue weighted by atomic mass is 10.1. The third-order valence-electron chi connectivity index (χ3n) is 2.41. The Morgan fingerprint density at radius 1 is 1.50 bits per heavy atom. The Bertz CT molecular complexity index is 253. The van der Waals surface area contributed by atoms with Gasteiger partial charge in [0.2, 0.25) is 0 Å². The maximum Gasteiger partial charge on any atom is 0.197 e. The number of oxazole rings is 1. The molecular weight excluding hydrogens is 174 g/mol. The molecule has 3 heteroatoms. The van der Waals surface area contributed by atoms with Gasteiger partial charge in [-0.25, -0.2) is 4.98 Å². The summed E-state index contributed by atoms with van der Waals surface area (Å²) in [5, 5.41) is 0. The zero-order valence-electron chi connectivity index (χ0n) is 6.92. The molecule has 0 radical (unpaired) electrons. The van der Waals surface area contributed by atoms with Gasteiger partial charge in [-0.3, -0.25) is 0 Å². The van der Waals surface area contributed by atoms with E-state index in [0.29, 0.717) is 11.8 Å². The van der Waals surface area contributed by atoms with E-state index in [1.54, 1.807) is 6.26 Å². The van der Waals surface area contributed by atoms with Crippen molar-refractivity contribution in [2.75, 3.05) is 0 Å². The number of halogens is 1. The number of aromatic nitrogens is 1. The summed E-state index contributed by atoms with van der Waals surface area (Å²) >= 11 is 5.62. The standard InChI is InChI=1S/C9H12ClNO/c10-5-8-6-12-9(11-8)7-3-1-2-4-7/h6-7H,1-5H2. The van der Waals surface area contributed by atoms with Gasteiger partial charge in [0.15, 0.2) is 5.89 Å². The zero-order chi connectivity index (χ0) is 8.39. The van der Waals surface area contributed by atoms with Crippen LogP contribution in [0, 0.1) is 0 Å². The van der Waals surface area contributed by atoms with Gasteiger partial charge in [-0.1, -0.05) is 12.8 Å². The van der Waals surface area contributed by atoms with Gasteiger partial charge in [0, 0.05) is 5.92 Å². The molecule has 0 spiro atoms. The Labute approximate surface area is 76.9 Å². The van der Waals surface area contributed by atoms with Crippen LogP contribution in [0.15, 0.2) is 10.7 Å². The molecule has 0 aliphatic heterocycles. The normalized spacial score (nSPS) is 18.8. The lowest BCUT2D eigenvalue weighted by molar-refractivity contribution is 0.448. The third kappa shape index (κ3) is 1.48. The Morgan fingerprint density at radius 3 is 2.83 bits per heavy atom. The van der Waals surface area contributed by atoms with Crippen LogP contribution < -0.4 is 0 Å². The summed E-state index contributed by atoms with van der Waals surface area (Å²) in [5.74, 6) is 1.90. The highest BCUT2D eigenvalue weighted by molar-refractivity contribution is 6.16. The number of hydrogen-bond acceptors (Lipinski definition) is 2. The van der Waals surface area contributed by atoms with Crippen LogP contribution in [0.3, 0.4) is 0 Å². The fourth-order valence-corrected chi connectivity index (χ4v) is 1.87. The molecule has 2 nitrogen and oxygen atoms in total. The van der Waals surface area contributed by atoms with Crippen LogP contribution in [0.25, 0.3) is 0 Å². The number of rotatable bonds is 2. The van der Waals surface area contributed by atoms with Gasteiger partial charge in [-0.05, 0) is 12.8 Å². The highest BCUT2D eigenvalue weighted by atomic mass is 35.5. The van der Waals surface area contributed by atoms with E-state index in [0.717, 1.165) is 11.6 Å². The first-order valence-electron chi connectivity index (χ1n) is 4.40. The van der Waals surface area contributed by atoms with Gasteiger partial charge in [0.25, 0.3) is 0 Å². The number of nitrogens with zero attached hydrogens (tertiary/aromatic N) is 1. The summed E-state index contributed by atoms with van der Waals surface area (Å²) in [4.78, 5) is 4.31. The maximum atomic E-state index is 5.62. The molecule has 1 aliphatic carbocycles. The van der Waals surface area contributed by atoms with E-state index in [4.69, 9.17) is 16.0 Å². The van der Waals surface area contributed by atoms with Crippen LogP contribution in [0.2, 0.25) is 0 Å². The van der Waals surface area contributed by atoms with Crippen molar-refractivity contribution < 1.29 is 4.42 Å². The average Bonchev–Trinajstić information content (AvgIpc) is 2.75. The summed E-state index contributed by atoms with van der Waals surface area (Å²) in [6.07, 6.45) is 6.73. The van der Waals surface area contributed by atoms with Crippen LogP contribution in [0.1, 0.15) is 43.2 Å². The largest absolute Gasteiger partial charge is 0.448 e. The molecule has 0 atom stereocenters. The smallest absolute Gasteiger partial charge is 0.197 e. The first-order valence-corrected chi connectivity index (χ1v) is 4.94. The molecule has 2 rings (SSSR count). The summed E-state index contributed by atoms with van der Waals surface area (Å²) in [5.41, 5.74) is 0.860. The van der Waals surface area contributed by atoms with Crippen molar-refractivity contribution >= 4 is 11.6 Å². The topological polar surface area (TPSA) is 26.0 Å². The first kappa shape index (κ1) is 8.11. The van der Waals surface area contributed by atoms with Gasteiger partial charge in [-0.15, -0.1) is 11.6 Å². The van der Waals surface area contributed by atoms with Crippen LogP contribution in [-0.4, -0.2) is 4.98 Å². The second kappa shape index (κ2) is 3.48. The fraction of sp³-hybridized carbons (Fsp3) is 0.667. The molecule has 1 heterocycles. The molecule has 1 fully saturated rings. The lowest BCUT2D eigenvalue weighted by Gasteiger charge is -2.00. The van der Waals surface area contributed by atoms with E-state index in [2.05, 4.69) is 4.98 Å². The minimum Gasteiger partial charge on any atom is -0.448 e. The van der Waals surface area contributed by atoms with E-state index >= 15 is 0 Å². The van der Waals surface area contributed by atoms with Crippen molar-refractivity contribution in [2.45, 2.75) is 37.5 Å². The second-order valence-corrected chi connectivity index (χ2v) is 3.56. The van der Waals surface area contributed by atoms with E-state index in [1.165, 1.54) is 25.7 Å². The van der Waals surface area contributed by atoms with Crippen molar-refractivity contribution in [1.82, 2.24) is 4.98 Å². The molecule has 0 bridgehead atoms. The monoisotopic (exact) mass is 185 g/mol. The van der Waals surface area contributed by atoms with Crippen molar-refractivity contribution in [3.8, 4) is 0 Å². The molecular formula is C9H12ClNO. The summed E-state index contributed by atoms with van der Waals surface area (Å²) in [6, 6.07) is 0. The quantitative estimate of drug-likeness (QED) is 0.662. The van der Waals surface area contributed by atoms with E-state index in [9.17, 15) is 0 Å². The number of hydrogen-bond donors (Lipinski definition) is 0. The van der Waals surface area contributed by atoms with Crippen molar-refractivity contribution in [3.63, 3.8) is 0 Å². The Balaban J connectivity index is 2.11. The predicted molar refractivity (Wildman–Crippen MR) is 47.3 cm³/mol. The minimum absolute atomic E-state index is 0.455. The zero-order valence-corrected chi connectivity index (χ0v) is 7.68. The van der Waals surface area contributed by atoms with Crippen molar-refractivity contribution in [3.05, 3.63) is 17.8 Å². The first-order chi connectivity index (χ1) is 5.90. The molecule has 0 amide bonds. The second-order valence-electron chi connectivity index (χ2n) is 3.29. The lowest BCUT2D eigenvalue weighted by Crippen LogP contribution is -1.92. The summed E-state index contributed by atoms with van der Waals surface area (Å²) in [7, 11) is 0. The highest BCUT2D eigenvalue weighted by Gasteiger charge is 2.21. The average molecular weight is 186 g/mol. The van der Waals surface area contributed by atoms with Gasteiger partial charge in [-0.2, -0.15) is 0 Å². The van der Waals surface area contributed by atoms with Gasteiger partial charge >= 0.3 is 0 Å². The van der Waals surface area contributed by atoms with Crippen LogP contribution >= 0.6 is 11.6 Å². The molecule has 1 saturated carbocycles. The van der Waals surface area contributed by atoms with Crippen LogP contribution in [0.4, 0.5) is 0 Å². The van der Waals surface area contributed by atoms with Gasteiger partial charge < -0.3 is 4.42 Å². The third-order valence-corrected chi connectivity index (χ3v) is 2.68. The van der Waals surface area contributed by atoms with E-state index < -0.39 is 0 Å². The van der Waals surface area contributed by atoms with E-state index in [-0.39, 0.29) is 0 Å². The molecule has 1 aromatic rings. The molecule has 0 N–H and O–H groups in total. The van der Waals surface area contributed by atoms with Gasteiger partial charge in [0.05, 0.1) is 11.6 Å². The van der Waals surface area contributed by atoms with Crippen molar-refractivity contribution in [1.29, 1.82) is 0 Å². The molecule has 0 saturated heterocycles. The SMILES string of the molecule is ClCc1coc(C2CCCC2)n1. The molecule has 12 heavy (non-hydrogen) atoms. The Kier molecular flexibility index (Phi) is 2.35. The molecule has 1 aliphatic rings. The Morgan fingerprint density at radius 2 is 2.25 bits per heavy atom. The van der Waals surface area contributed by atoms with Gasteiger partial charge in [0.1, 0.15) is 6.26 Å². The minimum atomic E-state index is 0.455. The van der Waals surface area contributed by atoms with Crippen LogP contribution in [-0.2, 0) is 5.88 Å². The molecule has 1 aromatic heterocycles. The maximum absolute atomic E-state index is 5.62. The summed E-state index contributed by atoms with van der Waals surface area (Å²) in [6.45, 7) is 0. The molecule has 0 unspecified atom stereocenters. The molecule has 66 valence electrons. The van der Waals surface area contributed by atoms with Crippen LogP contribution in [0.5, 0.6) is 0 Å². The number of alkyl halides is 1.